The van der Waals surface area contributed by atoms with Gasteiger partial charge in [-0.2, -0.15) is 0 Å². The van der Waals surface area contributed by atoms with Crippen molar-refractivity contribution in [1.29, 1.82) is 0 Å². The van der Waals surface area contributed by atoms with E-state index >= 15 is 0 Å². The summed E-state index contributed by atoms with van der Waals surface area (Å²) < 4.78 is 4.67. The molecule has 0 saturated carbocycles. The zero-order valence-corrected chi connectivity index (χ0v) is 16.1. The Morgan fingerprint density at radius 3 is 2.15 bits per heavy atom. The van der Waals surface area contributed by atoms with Crippen molar-refractivity contribution in [3.05, 3.63) is 59.7 Å². The number of carbonyl (C=O) groups is 3. The molecule has 0 spiro atoms. The van der Waals surface area contributed by atoms with Crippen molar-refractivity contribution in [2.24, 2.45) is 0 Å². The number of methoxy groups -OCH3 is 1. The molecule has 0 N–H and O–H groups in total. The molecule has 27 heavy (non-hydrogen) atoms. The third-order valence-electron chi connectivity index (χ3n) is 4.20. The van der Waals surface area contributed by atoms with Crippen molar-refractivity contribution in [2.45, 2.75) is 20.8 Å². The summed E-state index contributed by atoms with van der Waals surface area (Å²) in [7, 11) is 1.31. The third-order valence-corrected chi connectivity index (χ3v) is 4.20. The second-order valence-electron chi connectivity index (χ2n) is 6.12. The maximum Gasteiger partial charge on any atom is 0.337 e. The van der Waals surface area contributed by atoms with E-state index in [0.717, 1.165) is 11.3 Å². The number of ether oxygens (including phenoxy) is 1. The number of benzene rings is 2. The summed E-state index contributed by atoms with van der Waals surface area (Å²) >= 11 is 0. The van der Waals surface area contributed by atoms with Gasteiger partial charge in [-0.15, -0.1) is 0 Å². The van der Waals surface area contributed by atoms with Crippen LogP contribution < -0.4 is 9.80 Å². The van der Waals surface area contributed by atoms with Crippen LogP contribution in [0, 0.1) is 6.92 Å². The first-order valence-electron chi connectivity index (χ1n) is 8.71. The van der Waals surface area contributed by atoms with Crippen LogP contribution in [0.5, 0.6) is 0 Å². The standard InChI is InChI=1S/C21H24N2O4/c1-5-22(19-8-6-7-15(2)13-19)20(25)14-23(16(3)24)18-11-9-17(10-12-18)21(26)27-4/h6-13H,5,14H2,1-4H3. The molecule has 2 rings (SSSR count). The van der Waals surface area contributed by atoms with Gasteiger partial charge in [-0.3, -0.25) is 9.59 Å². The number of hydrogen-bond donors (Lipinski definition) is 0. The predicted molar refractivity (Wildman–Crippen MR) is 105 cm³/mol. The number of esters is 1. The number of carbonyl (C=O) groups excluding carboxylic acids is 3. The molecule has 0 aliphatic rings. The molecule has 6 nitrogen and oxygen atoms in total. The van der Waals surface area contributed by atoms with Crippen LogP contribution in [0.2, 0.25) is 0 Å². The molecule has 0 radical (unpaired) electrons. The van der Waals surface area contributed by atoms with Gasteiger partial charge in [0.15, 0.2) is 0 Å². The molecule has 0 aliphatic heterocycles. The number of likely N-dealkylation sites (N-methyl/N-ethyl adjacent to an activating group) is 1. The Labute approximate surface area is 159 Å². The molecule has 0 aromatic heterocycles. The van der Waals surface area contributed by atoms with Crippen LogP contribution in [-0.4, -0.2) is 38.0 Å². The molecular weight excluding hydrogens is 344 g/mol. The topological polar surface area (TPSA) is 66.9 Å². The van der Waals surface area contributed by atoms with Crippen molar-refractivity contribution in [2.75, 3.05) is 30.0 Å². The summed E-state index contributed by atoms with van der Waals surface area (Å²) in [6.45, 7) is 5.67. The second kappa shape index (κ2) is 8.98. The van der Waals surface area contributed by atoms with Gasteiger partial charge in [-0.1, -0.05) is 12.1 Å². The van der Waals surface area contributed by atoms with Crippen molar-refractivity contribution in [3.8, 4) is 0 Å². The van der Waals surface area contributed by atoms with Gasteiger partial charge < -0.3 is 14.5 Å². The lowest BCUT2D eigenvalue weighted by molar-refractivity contribution is -0.121. The minimum atomic E-state index is -0.455. The fourth-order valence-electron chi connectivity index (χ4n) is 2.80. The maximum absolute atomic E-state index is 12.9. The quantitative estimate of drug-likeness (QED) is 0.735. The van der Waals surface area contributed by atoms with E-state index in [-0.39, 0.29) is 18.4 Å². The summed E-state index contributed by atoms with van der Waals surface area (Å²) in [5.74, 6) is -0.895. The average molecular weight is 368 g/mol. The summed E-state index contributed by atoms with van der Waals surface area (Å²) in [5.41, 5.74) is 2.78. The Morgan fingerprint density at radius 1 is 0.963 bits per heavy atom. The van der Waals surface area contributed by atoms with Gasteiger partial charge in [0.25, 0.3) is 0 Å². The Bertz CT molecular complexity index is 830. The molecule has 0 saturated heterocycles. The minimum Gasteiger partial charge on any atom is -0.465 e. The van der Waals surface area contributed by atoms with E-state index in [1.54, 1.807) is 29.2 Å². The molecule has 0 atom stereocenters. The highest BCUT2D eigenvalue weighted by Gasteiger charge is 2.21. The van der Waals surface area contributed by atoms with Crippen LogP contribution >= 0.6 is 0 Å². The molecular formula is C21H24N2O4. The van der Waals surface area contributed by atoms with Crippen LogP contribution in [-0.2, 0) is 14.3 Å². The van der Waals surface area contributed by atoms with Gasteiger partial charge in [-0.25, -0.2) is 4.79 Å². The number of rotatable bonds is 6. The van der Waals surface area contributed by atoms with Gasteiger partial charge in [0.05, 0.1) is 12.7 Å². The zero-order chi connectivity index (χ0) is 20.0. The Kier molecular flexibility index (Phi) is 6.71. The monoisotopic (exact) mass is 368 g/mol. The summed E-state index contributed by atoms with van der Waals surface area (Å²) in [4.78, 5) is 39.6. The molecule has 0 heterocycles. The fourth-order valence-corrected chi connectivity index (χ4v) is 2.80. The average Bonchev–Trinajstić information content (AvgIpc) is 2.66. The molecule has 6 heteroatoms. The highest BCUT2D eigenvalue weighted by molar-refractivity contribution is 6.03. The summed E-state index contributed by atoms with van der Waals surface area (Å²) in [6.07, 6.45) is 0. The van der Waals surface area contributed by atoms with Gasteiger partial charge in [-0.05, 0) is 55.8 Å². The van der Waals surface area contributed by atoms with Crippen molar-refractivity contribution < 1.29 is 19.1 Å². The number of aryl methyl sites for hydroxylation is 1. The van der Waals surface area contributed by atoms with E-state index in [1.807, 2.05) is 38.1 Å². The molecule has 142 valence electrons. The summed E-state index contributed by atoms with van der Waals surface area (Å²) in [6, 6.07) is 14.1. The zero-order valence-electron chi connectivity index (χ0n) is 16.1. The number of nitrogens with zero attached hydrogens (tertiary/aromatic N) is 2. The first kappa shape index (κ1) is 20.2. The van der Waals surface area contributed by atoms with Crippen LogP contribution in [0.3, 0.4) is 0 Å². The first-order chi connectivity index (χ1) is 12.9. The second-order valence-corrected chi connectivity index (χ2v) is 6.12. The van der Waals surface area contributed by atoms with Crippen LogP contribution in [0.1, 0.15) is 29.8 Å². The minimum absolute atomic E-state index is 0.0886. The Balaban J connectivity index is 2.23. The number of hydrogen-bond acceptors (Lipinski definition) is 4. The molecule has 0 unspecified atom stereocenters. The van der Waals surface area contributed by atoms with E-state index in [0.29, 0.717) is 17.8 Å². The van der Waals surface area contributed by atoms with Crippen LogP contribution in [0.25, 0.3) is 0 Å². The predicted octanol–water partition coefficient (Wildman–Crippen LogP) is 3.19. The van der Waals surface area contributed by atoms with Gasteiger partial charge >= 0.3 is 5.97 Å². The van der Waals surface area contributed by atoms with E-state index in [1.165, 1.54) is 18.9 Å². The molecule has 0 bridgehead atoms. The molecule has 0 fully saturated rings. The lowest BCUT2D eigenvalue weighted by Crippen LogP contribution is -2.42. The maximum atomic E-state index is 12.9. The first-order valence-corrected chi connectivity index (χ1v) is 8.71. The highest BCUT2D eigenvalue weighted by Crippen LogP contribution is 2.19. The van der Waals surface area contributed by atoms with E-state index in [2.05, 4.69) is 4.74 Å². The highest BCUT2D eigenvalue weighted by atomic mass is 16.5. The molecule has 0 aliphatic carbocycles. The van der Waals surface area contributed by atoms with E-state index in [9.17, 15) is 14.4 Å². The Hall–Kier alpha value is -3.15. The van der Waals surface area contributed by atoms with Crippen molar-refractivity contribution in [3.63, 3.8) is 0 Å². The number of amides is 2. The van der Waals surface area contributed by atoms with Gasteiger partial charge in [0, 0.05) is 24.8 Å². The molecule has 2 amide bonds. The van der Waals surface area contributed by atoms with Crippen LogP contribution in [0.15, 0.2) is 48.5 Å². The third kappa shape index (κ3) is 4.94. The van der Waals surface area contributed by atoms with E-state index in [4.69, 9.17) is 0 Å². The van der Waals surface area contributed by atoms with E-state index < -0.39 is 5.97 Å². The van der Waals surface area contributed by atoms with Gasteiger partial charge in [0.1, 0.15) is 6.54 Å². The smallest absolute Gasteiger partial charge is 0.337 e. The lowest BCUT2D eigenvalue weighted by Gasteiger charge is -2.26. The summed E-state index contributed by atoms with van der Waals surface area (Å²) in [5, 5.41) is 0. The van der Waals surface area contributed by atoms with Gasteiger partial charge in [0.2, 0.25) is 11.8 Å². The fraction of sp³-hybridized carbons (Fsp3) is 0.286. The largest absolute Gasteiger partial charge is 0.465 e. The number of anilines is 2. The lowest BCUT2D eigenvalue weighted by atomic mass is 10.2. The van der Waals surface area contributed by atoms with Crippen LogP contribution in [0.4, 0.5) is 11.4 Å². The Morgan fingerprint density at radius 2 is 1.63 bits per heavy atom. The molecule has 2 aromatic carbocycles. The normalized spacial score (nSPS) is 10.2. The van der Waals surface area contributed by atoms with Crippen molar-refractivity contribution in [1.82, 2.24) is 0 Å². The van der Waals surface area contributed by atoms with Crippen molar-refractivity contribution >= 4 is 29.2 Å². The molecule has 2 aromatic rings. The SMILES string of the molecule is CCN(C(=O)CN(C(C)=O)c1ccc(C(=O)OC)cc1)c1cccc(C)c1.